The second-order valence-electron chi connectivity index (χ2n) is 7.11. The lowest BCUT2D eigenvalue weighted by atomic mass is 10.1. The van der Waals surface area contributed by atoms with Crippen LogP contribution in [0.1, 0.15) is 20.7 Å². The minimum Gasteiger partial charge on any atom is -0.305 e. The summed E-state index contributed by atoms with van der Waals surface area (Å²) in [6, 6.07) is 23.0. The molecule has 7 heteroatoms. The molecule has 0 saturated carbocycles. The second-order valence-corrected chi connectivity index (χ2v) is 8.19. The number of anilines is 4. The molecule has 3 heterocycles. The van der Waals surface area contributed by atoms with Crippen molar-refractivity contribution in [1.29, 1.82) is 0 Å². The van der Waals surface area contributed by atoms with Crippen LogP contribution in [0, 0.1) is 0 Å². The summed E-state index contributed by atoms with van der Waals surface area (Å²) in [5.74, 6) is -0.736. The highest BCUT2D eigenvalue weighted by Crippen LogP contribution is 2.50. The molecule has 0 atom stereocenters. The zero-order valence-corrected chi connectivity index (χ0v) is 16.9. The molecule has 0 saturated heterocycles. The van der Waals surface area contributed by atoms with Gasteiger partial charge in [0.15, 0.2) is 0 Å². The average molecular weight is 422 g/mol. The highest BCUT2D eigenvalue weighted by atomic mass is 32.2. The minimum absolute atomic E-state index is 0.0721. The molecule has 31 heavy (non-hydrogen) atoms. The Balaban J connectivity index is 1.41. The zero-order valence-electron chi connectivity index (χ0n) is 16.1. The fraction of sp³-hybridized carbons (Fsp3) is 0. The number of hydrogen-bond donors (Lipinski definition) is 0. The minimum atomic E-state index is -0.404. The van der Waals surface area contributed by atoms with Gasteiger partial charge in [-0.2, -0.15) is 0 Å². The highest BCUT2D eigenvalue weighted by Gasteiger charge is 2.38. The van der Waals surface area contributed by atoms with E-state index in [-0.39, 0.29) is 5.95 Å². The number of carbonyl (C=O) groups is 2. The molecule has 0 fully saturated rings. The molecule has 0 aliphatic carbocycles. The van der Waals surface area contributed by atoms with Crippen molar-refractivity contribution >= 4 is 46.6 Å². The summed E-state index contributed by atoms with van der Waals surface area (Å²) in [7, 11) is 0. The lowest BCUT2D eigenvalue weighted by molar-refractivity contribution is 0.0924. The van der Waals surface area contributed by atoms with Crippen molar-refractivity contribution < 1.29 is 9.59 Å². The standard InChI is InChI=1S/C24H14N4O2S/c29-22-16-7-1-2-8-17(16)23(30)28(22)24-25-13-15(14-26-24)27-18-9-3-5-11-20(18)31-21-12-6-4-10-19(21)27/h1-14H. The number of amides is 2. The van der Waals surface area contributed by atoms with E-state index in [1.165, 1.54) is 0 Å². The third-order valence-electron chi connectivity index (χ3n) is 5.31. The van der Waals surface area contributed by atoms with Gasteiger partial charge >= 0.3 is 0 Å². The van der Waals surface area contributed by atoms with Gasteiger partial charge in [0, 0.05) is 9.79 Å². The Morgan fingerprint density at radius 1 is 0.613 bits per heavy atom. The fourth-order valence-electron chi connectivity index (χ4n) is 3.90. The normalized spacial score (nSPS) is 14.3. The summed E-state index contributed by atoms with van der Waals surface area (Å²) in [4.78, 5) is 39.6. The van der Waals surface area contributed by atoms with Crippen LogP contribution in [-0.2, 0) is 0 Å². The molecular formula is C24H14N4O2S. The van der Waals surface area contributed by atoms with Crippen LogP contribution in [0.15, 0.2) is 95.0 Å². The predicted octanol–water partition coefficient (Wildman–Crippen LogP) is 5.21. The van der Waals surface area contributed by atoms with Gasteiger partial charge in [-0.15, -0.1) is 0 Å². The number of para-hydroxylation sites is 2. The van der Waals surface area contributed by atoms with Crippen LogP contribution in [0.3, 0.4) is 0 Å². The van der Waals surface area contributed by atoms with Crippen LogP contribution in [0.5, 0.6) is 0 Å². The van der Waals surface area contributed by atoms with E-state index >= 15 is 0 Å². The van der Waals surface area contributed by atoms with E-state index in [4.69, 9.17) is 0 Å². The molecule has 6 rings (SSSR count). The van der Waals surface area contributed by atoms with Gasteiger partial charge in [0.1, 0.15) is 0 Å². The topological polar surface area (TPSA) is 66.4 Å². The number of imide groups is 1. The summed E-state index contributed by atoms with van der Waals surface area (Å²) in [6.45, 7) is 0. The first kappa shape index (κ1) is 17.9. The maximum Gasteiger partial charge on any atom is 0.268 e. The average Bonchev–Trinajstić information content (AvgIpc) is 3.08. The van der Waals surface area contributed by atoms with E-state index in [0.717, 1.165) is 31.8 Å². The summed E-state index contributed by atoms with van der Waals surface area (Å²) < 4.78 is 0. The van der Waals surface area contributed by atoms with Crippen molar-refractivity contribution in [2.75, 3.05) is 9.80 Å². The van der Waals surface area contributed by atoms with Crippen molar-refractivity contribution in [2.45, 2.75) is 9.79 Å². The first-order chi connectivity index (χ1) is 15.2. The molecule has 0 N–H and O–H groups in total. The van der Waals surface area contributed by atoms with E-state index in [1.54, 1.807) is 48.4 Å². The fourth-order valence-corrected chi connectivity index (χ4v) is 4.96. The molecule has 1 aromatic heterocycles. The third-order valence-corrected chi connectivity index (χ3v) is 6.44. The van der Waals surface area contributed by atoms with Crippen LogP contribution >= 0.6 is 11.8 Å². The maximum atomic E-state index is 12.7. The van der Waals surface area contributed by atoms with E-state index in [9.17, 15) is 9.59 Å². The third kappa shape index (κ3) is 2.67. The molecular weight excluding hydrogens is 408 g/mol. The smallest absolute Gasteiger partial charge is 0.268 e. The predicted molar refractivity (Wildman–Crippen MR) is 118 cm³/mol. The summed E-state index contributed by atoms with van der Waals surface area (Å²) >= 11 is 1.72. The van der Waals surface area contributed by atoms with E-state index in [1.807, 2.05) is 24.3 Å². The number of hydrogen-bond acceptors (Lipinski definition) is 6. The Hall–Kier alpha value is -3.97. The Morgan fingerprint density at radius 2 is 1.10 bits per heavy atom. The molecule has 0 spiro atoms. The Kier molecular flexibility index (Phi) is 3.91. The lowest BCUT2D eigenvalue weighted by Crippen LogP contribution is -2.31. The molecule has 2 aliphatic rings. The van der Waals surface area contributed by atoms with E-state index in [2.05, 4.69) is 39.1 Å². The lowest BCUT2D eigenvalue weighted by Gasteiger charge is -2.32. The van der Waals surface area contributed by atoms with E-state index in [0.29, 0.717) is 11.1 Å². The molecule has 148 valence electrons. The van der Waals surface area contributed by atoms with Gasteiger partial charge in [-0.3, -0.25) is 9.59 Å². The number of nitrogens with zero attached hydrogens (tertiary/aromatic N) is 4. The van der Waals surface area contributed by atoms with Crippen LogP contribution in [0.4, 0.5) is 23.0 Å². The van der Waals surface area contributed by atoms with Gasteiger partial charge in [0.05, 0.1) is 40.6 Å². The first-order valence-corrected chi connectivity index (χ1v) is 10.5. The van der Waals surface area contributed by atoms with Gasteiger partial charge in [-0.1, -0.05) is 48.2 Å². The number of rotatable bonds is 2. The van der Waals surface area contributed by atoms with Crippen molar-refractivity contribution in [3.63, 3.8) is 0 Å². The van der Waals surface area contributed by atoms with Gasteiger partial charge < -0.3 is 4.90 Å². The van der Waals surface area contributed by atoms with Crippen molar-refractivity contribution in [3.8, 4) is 0 Å². The second kappa shape index (κ2) is 6.78. The summed E-state index contributed by atoms with van der Waals surface area (Å²) in [6.07, 6.45) is 3.30. The maximum absolute atomic E-state index is 12.7. The molecule has 6 nitrogen and oxygen atoms in total. The monoisotopic (exact) mass is 422 g/mol. The summed E-state index contributed by atoms with van der Waals surface area (Å²) in [5, 5.41) is 0. The summed E-state index contributed by atoms with van der Waals surface area (Å²) in [5.41, 5.74) is 3.55. The Labute approximate surface area is 182 Å². The molecule has 4 aromatic rings. The van der Waals surface area contributed by atoms with Crippen molar-refractivity contribution in [3.05, 3.63) is 96.3 Å². The zero-order chi connectivity index (χ0) is 20.9. The number of benzene rings is 3. The first-order valence-electron chi connectivity index (χ1n) is 9.68. The molecule has 0 unspecified atom stereocenters. The number of aromatic nitrogens is 2. The Morgan fingerprint density at radius 3 is 1.65 bits per heavy atom. The van der Waals surface area contributed by atoms with Crippen LogP contribution in [0.2, 0.25) is 0 Å². The number of carbonyl (C=O) groups excluding carboxylic acids is 2. The van der Waals surface area contributed by atoms with Gasteiger partial charge in [-0.25, -0.2) is 14.9 Å². The van der Waals surface area contributed by atoms with Gasteiger partial charge in [0.25, 0.3) is 11.8 Å². The molecule has 2 amide bonds. The van der Waals surface area contributed by atoms with Crippen LogP contribution in [-0.4, -0.2) is 21.8 Å². The molecule has 0 bridgehead atoms. The SMILES string of the molecule is O=C1c2ccccc2C(=O)N1c1ncc(N2c3ccccc3Sc3ccccc32)cn1. The Bertz CT molecular complexity index is 1290. The van der Waals surface area contributed by atoms with Crippen LogP contribution < -0.4 is 9.80 Å². The highest BCUT2D eigenvalue weighted by molar-refractivity contribution is 7.99. The van der Waals surface area contributed by atoms with Crippen molar-refractivity contribution in [2.24, 2.45) is 0 Å². The largest absolute Gasteiger partial charge is 0.305 e. The van der Waals surface area contributed by atoms with Crippen molar-refractivity contribution in [1.82, 2.24) is 9.97 Å². The van der Waals surface area contributed by atoms with Gasteiger partial charge in [0.2, 0.25) is 5.95 Å². The van der Waals surface area contributed by atoms with Crippen LogP contribution in [0.25, 0.3) is 0 Å². The molecule has 3 aromatic carbocycles. The quantitative estimate of drug-likeness (QED) is 0.364. The molecule has 0 radical (unpaired) electrons. The molecule has 2 aliphatic heterocycles. The van der Waals surface area contributed by atoms with E-state index < -0.39 is 11.8 Å². The number of fused-ring (bicyclic) bond motifs is 3. The van der Waals surface area contributed by atoms with Gasteiger partial charge in [-0.05, 0) is 36.4 Å².